The van der Waals surface area contributed by atoms with E-state index >= 15 is 0 Å². The number of carbonyl (C=O) groups is 1. The van der Waals surface area contributed by atoms with Crippen molar-refractivity contribution < 1.29 is 9.53 Å². The second-order valence-corrected chi connectivity index (χ2v) is 8.68. The van der Waals surface area contributed by atoms with Crippen molar-refractivity contribution in [1.82, 2.24) is 14.9 Å². The van der Waals surface area contributed by atoms with Gasteiger partial charge in [-0.05, 0) is 30.5 Å². The number of nitriles is 1. The molecule has 2 heterocycles. The summed E-state index contributed by atoms with van der Waals surface area (Å²) in [6, 6.07) is 10.2. The van der Waals surface area contributed by atoms with Crippen LogP contribution in [0.3, 0.4) is 0 Å². The lowest BCUT2D eigenvalue weighted by atomic mass is 10.1. The largest absolute Gasteiger partial charge is 0.470 e. The summed E-state index contributed by atoms with van der Waals surface area (Å²) in [6.07, 6.45) is 4.87. The average molecular weight is 397 g/mol. The molecule has 6 nitrogen and oxygen atoms in total. The molecule has 146 valence electrons. The summed E-state index contributed by atoms with van der Waals surface area (Å²) in [5, 5.41) is 9.66. The molecule has 1 saturated heterocycles. The molecule has 1 atom stereocenters. The molecular weight excluding hydrogens is 372 g/mol. The highest BCUT2D eigenvalue weighted by Gasteiger charge is 2.26. The number of hydrogen-bond donors (Lipinski definition) is 0. The number of hydrogen-bond acceptors (Lipinski definition) is 6. The van der Waals surface area contributed by atoms with Gasteiger partial charge in [0.1, 0.15) is 12.2 Å². The number of nitrogens with zero attached hydrogens (tertiary/aromatic N) is 4. The summed E-state index contributed by atoms with van der Waals surface area (Å²) >= 11 is 1.81. The molecule has 1 aromatic carbocycles. The minimum Gasteiger partial charge on any atom is -0.470 e. The van der Waals surface area contributed by atoms with E-state index in [1.807, 2.05) is 34.9 Å². The standard InChI is InChI=1S/C21H24N4O2S/c1-15(2)28-18-7-5-16(6-8-18)12-20(26)25-11-3-4-17(14-25)27-21-19(13-22)23-9-10-24-21/h5-10,15,17H,3-4,11-12,14H2,1-2H3. The van der Waals surface area contributed by atoms with E-state index in [0.29, 0.717) is 18.2 Å². The number of ether oxygens (including phenoxy) is 1. The summed E-state index contributed by atoms with van der Waals surface area (Å²) in [7, 11) is 0. The number of piperidine rings is 1. The number of benzene rings is 1. The van der Waals surface area contributed by atoms with Crippen LogP contribution >= 0.6 is 11.8 Å². The fourth-order valence-corrected chi connectivity index (χ4v) is 3.99. The van der Waals surface area contributed by atoms with E-state index in [-0.39, 0.29) is 23.6 Å². The number of thioether (sulfide) groups is 1. The molecule has 1 fully saturated rings. The van der Waals surface area contributed by atoms with Crippen molar-refractivity contribution in [2.75, 3.05) is 13.1 Å². The van der Waals surface area contributed by atoms with E-state index in [2.05, 4.69) is 35.9 Å². The van der Waals surface area contributed by atoms with Crippen molar-refractivity contribution in [3.05, 3.63) is 47.9 Å². The van der Waals surface area contributed by atoms with Crippen molar-refractivity contribution >= 4 is 17.7 Å². The Bertz CT molecular complexity index is 848. The second-order valence-electron chi connectivity index (χ2n) is 7.03. The molecule has 0 saturated carbocycles. The highest BCUT2D eigenvalue weighted by atomic mass is 32.2. The number of aromatic nitrogens is 2. The van der Waals surface area contributed by atoms with Crippen LogP contribution in [0.1, 0.15) is 37.9 Å². The normalized spacial score (nSPS) is 16.6. The lowest BCUT2D eigenvalue weighted by Gasteiger charge is -2.32. The Balaban J connectivity index is 1.57. The maximum Gasteiger partial charge on any atom is 0.251 e. The van der Waals surface area contributed by atoms with E-state index in [4.69, 9.17) is 10.00 Å². The highest BCUT2D eigenvalue weighted by Crippen LogP contribution is 2.23. The Hall–Kier alpha value is -2.59. The molecular formula is C21H24N4O2S. The topological polar surface area (TPSA) is 79.1 Å². The summed E-state index contributed by atoms with van der Waals surface area (Å²) in [6.45, 7) is 5.56. The molecule has 0 N–H and O–H groups in total. The van der Waals surface area contributed by atoms with Gasteiger partial charge in [0.05, 0.1) is 13.0 Å². The maximum absolute atomic E-state index is 12.7. The molecule has 1 aromatic heterocycles. The lowest BCUT2D eigenvalue weighted by Crippen LogP contribution is -2.45. The predicted octanol–water partition coefficient (Wildman–Crippen LogP) is 3.46. The van der Waals surface area contributed by atoms with E-state index in [1.165, 1.54) is 17.3 Å². The van der Waals surface area contributed by atoms with Crippen LogP contribution in [0.5, 0.6) is 5.88 Å². The van der Waals surface area contributed by atoms with E-state index in [9.17, 15) is 4.79 Å². The van der Waals surface area contributed by atoms with E-state index in [0.717, 1.165) is 24.9 Å². The molecule has 1 unspecified atom stereocenters. The molecule has 1 amide bonds. The monoisotopic (exact) mass is 396 g/mol. The van der Waals surface area contributed by atoms with Crippen LogP contribution in [0.15, 0.2) is 41.6 Å². The van der Waals surface area contributed by atoms with Crippen LogP contribution in [0.4, 0.5) is 0 Å². The van der Waals surface area contributed by atoms with Gasteiger partial charge in [-0.15, -0.1) is 11.8 Å². The first-order chi connectivity index (χ1) is 13.5. The SMILES string of the molecule is CC(C)Sc1ccc(CC(=O)N2CCCC(Oc3nccnc3C#N)C2)cc1. The first kappa shape index (κ1) is 20.2. The Labute approximate surface area is 169 Å². The quantitative estimate of drug-likeness (QED) is 0.696. The number of rotatable bonds is 6. The summed E-state index contributed by atoms with van der Waals surface area (Å²) in [4.78, 5) is 23.9. The predicted molar refractivity (Wildman–Crippen MR) is 108 cm³/mol. The molecule has 2 aromatic rings. The molecule has 1 aliphatic heterocycles. The zero-order chi connectivity index (χ0) is 19.9. The van der Waals surface area contributed by atoms with Gasteiger partial charge in [0.25, 0.3) is 5.88 Å². The molecule has 3 rings (SSSR count). The van der Waals surface area contributed by atoms with E-state index in [1.54, 1.807) is 0 Å². The molecule has 7 heteroatoms. The summed E-state index contributed by atoms with van der Waals surface area (Å²) in [5.74, 6) is 0.333. The number of carbonyl (C=O) groups excluding carboxylic acids is 1. The highest BCUT2D eigenvalue weighted by molar-refractivity contribution is 7.99. The van der Waals surface area contributed by atoms with Gasteiger partial charge in [-0.2, -0.15) is 5.26 Å². The molecule has 0 spiro atoms. The average Bonchev–Trinajstić information content (AvgIpc) is 2.70. The van der Waals surface area contributed by atoms with Gasteiger partial charge in [-0.1, -0.05) is 26.0 Å². The van der Waals surface area contributed by atoms with Crippen molar-refractivity contribution in [2.24, 2.45) is 0 Å². The zero-order valence-electron chi connectivity index (χ0n) is 16.2. The smallest absolute Gasteiger partial charge is 0.251 e. The Kier molecular flexibility index (Phi) is 6.88. The molecule has 0 aliphatic carbocycles. The fourth-order valence-electron chi connectivity index (χ4n) is 3.15. The molecule has 1 aliphatic rings. The van der Waals surface area contributed by atoms with Crippen LogP contribution in [0.25, 0.3) is 0 Å². The van der Waals surface area contributed by atoms with Crippen LogP contribution < -0.4 is 4.74 Å². The van der Waals surface area contributed by atoms with Gasteiger partial charge in [0, 0.05) is 29.1 Å². The van der Waals surface area contributed by atoms with E-state index < -0.39 is 0 Å². The summed E-state index contributed by atoms with van der Waals surface area (Å²) < 4.78 is 5.87. The first-order valence-corrected chi connectivity index (χ1v) is 10.3. The second kappa shape index (κ2) is 9.56. The van der Waals surface area contributed by atoms with Gasteiger partial charge >= 0.3 is 0 Å². The van der Waals surface area contributed by atoms with Crippen LogP contribution in [-0.2, 0) is 11.2 Å². The third-order valence-electron chi connectivity index (χ3n) is 4.43. The minimum atomic E-state index is -0.175. The van der Waals surface area contributed by atoms with Gasteiger partial charge in [0.2, 0.25) is 11.6 Å². The van der Waals surface area contributed by atoms with Crippen molar-refractivity contribution in [1.29, 1.82) is 5.26 Å². The van der Waals surface area contributed by atoms with Crippen LogP contribution in [-0.4, -0.2) is 45.2 Å². The van der Waals surface area contributed by atoms with Gasteiger partial charge in [0.15, 0.2) is 0 Å². The van der Waals surface area contributed by atoms with Gasteiger partial charge < -0.3 is 9.64 Å². The third-order valence-corrected chi connectivity index (χ3v) is 5.45. The Morgan fingerprint density at radius 2 is 2.07 bits per heavy atom. The third kappa shape index (κ3) is 5.46. The molecule has 0 radical (unpaired) electrons. The van der Waals surface area contributed by atoms with Gasteiger partial charge in [-0.25, -0.2) is 9.97 Å². The Morgan fingerprint density at radius 1 is 1.32 bits per heavy atom. The molecule has 0 bridgehead atoms. The number of amides is 1. The van der Waals surface area contributed by atoms with Crippen molar-refractivity contribution in [3.63, 3.8) is 0 Å². The first-order valence-electron chi connectivity index (χ1n) is 9.46. The van der Waals surface area contributed by atoms with Crippen LogP contribution in [0.2, 0.25) is 0 Å². The zero-order valence-corrected chi connectivity index (χ0v) is 17.0. The van der Waals surface area contributed by atoms with Crippen molar-refractivity contribution in [2.45, 2.75) is 49.4 Å². The lowest BCUT2D eigenvalue weighted by molar-refractivity contribution is -0.133. The molecule has 28 heavy (non-hydrogen) atoms. The number of likely N-dealkylation sites (tertiary alicyclic amines) is 1. The summed E-state index contributed by atoms with van der Waals surface area (Å²) in [5.41, 5.74) is 1.19. The minimum absolute atomic E-state index is 0.0946. The van der Waals surface area contributed by atoms with Crippen molar-refractivity contribution in [3.8, 4) is 11.9 Å². The fraction of sp³-hybridized carbons (Fsp3) is 0.429. The Morgan fingerprint density at radius 3 is 2.79 bits per heavy atom. The van der Waals surface area contributed by atoms with Crippen LogP contribution in [0, 0.1) is 11.3 Å². The van der Waals surface area contributed by atoms with Gasteiger partial charge in [-0.3, -0.25) is 4.79 Å². The maximum atomic E-state index is 12.7.